The van der Waals surface area contributed by atoms with Gasteiger partial charge in [0, 0.05) is 11.4 Å². The fraction of sp³-hybridized carbons (Fsp3) is 0.312. The molecule has 0 amide bonds. The zero-order valence-corrected chi connectivity index (χ0v) is 12.2. The van der Waals surface area contributed by atoms with Crippen LogP contribution in [0.4, 0.5) is 11.6 Å². The van der Waals surface area contributed by atoms with Crippen LogP contribution >= 0.6 is 0 Å². The topological polar surface area (TPSA) is 61.6 Å². The summed E-state index contributed by atoms with van der Waals surface area (Å²) in [6, 6.07) is 9.93. The molecule has 0 unspecified atom stereocenters. The van der Waals surface area contributed by atoms with E-state index < -0.39 is 0 Å². The molecular formula is C16H18N4. The summed E-state index contributed by atoms with van der Waals surface area (Å²) in [5, 5.41) is 12.2. The molecule has 0 fully saturated rings. The number of anilines is 2. The average molecular weight is 266 g/mol. The highest BCUT2D eigenvalue weighted by atomic mass is 15.1. The largest absolute Gasteiger partial charge is 0.324 e. The van der Waals surface area contributed by atoms with Gasteiger partial charge in [-0.05, 0) is 37.0 Å². The molecule has 0 saturated heterocycles. The molecule has 4 heteroatoms. The van der Waals surface area contributed by atoms with E-state index in [0.29, 0.717) is 17.6 Å². The van der Waals surface area contributed by atoms with Gasteiger partial charge in [-0.25, -0.2) is 9.97 Å². The van der Waals surface area contributed by atoms with Gasteiger partial charge in [0.15, 0.2) is 0 Å². The summed E-state index contributed by atoms with van der Waals surface area (Å²) in [4.78, 5) is 8.55. The van der Waals surface area contributed by atoms with Crippen molar-refractivity contribution in [1.82, 2.24) is 9.97 Å². The maximum atomic E-state index is 8.98. The molecule has 1 aromatic heterocycles. The van der Waals surface area contributed by atoms with E-state index in [2.05, 4.69) is 54.3 Å². The number of nitriles is 1. The van der Waals surface area contributed by atoms with Gasteiger partial charge >= 0.3 is 0 Å². The fourth-order valence-corrected chi connectivity index (χ4v) is 2.14. The van der Waals surface area contributed by atoms with Gasteiger partial charge in [-0.15, -0.1) is 0 Å². The van der Waals surface area contributed by atoms with Crippen molar-refractivity contribution in [2.45, 2.75) is 33.6 Å². The number of aromatic nitrogens is 2. The lowest BCUT2D eigenvalue weighted by atomic mass is 9.98. The maximum Gasteiger partial charge on any atom is 0.228 e. The molecule has 1 aromatic carbocycles. The molecule has 102 valence electrons. The van der Waals surface area contributed by atoms with Gasteiger partial charge in [0.05, 0.1) is 0 Å². The third-order valence-corrected chi connectivity index (χ3v) is 3.13. The predicted molar refractivity (Wildman–Crippen MR) is 80.0 cm³/mol. The molecule has 0 saturated carbocycles. The standard InChI is InChI=1S/C16H18N4/c1-10(2)14-7-5-6-11(3)15(14)20-16-18-12(4)8-13(9-17)19-16/h5-8,10H,1-4H3,(H,18,19,20). The Morgan fingerprint density at radius 2 is 1.95 bits per heavy atom. The first-order chi connectivity index (χ1) is 9.51. The Kier molecular flexibility index (Phi) is 3.99. The lowest BCUT2D eigenvalue weighted by molar-refractivity contribution is 0.866. The normalized spacial score (nSPS) is 10.4. The fourth-order valence-electron chi connectivity index (χ4n) is 2.14. The summed E-state index contributed by atoms with van der Waals surface area (Å²) >= 11 is 0. The van der Waals surface area contributed by atoms with E-state index in [0.717, 1.165) is 16.9 Å². The van der Waals surface area contributed by atoms with Crippen LogP contribution in [0.15, 0.2) is 24.3 Å². The molecule has 20 heavy (non-hydrogen) atoms. The van der Waals surface area contributed by atoms with Gasteiger partial charge in [-0.2, -0.15) is 5.26 Å². The van der Waals surface area contributed by atoms with Gasteiger partial charge in [0.2, 0.25) is 5.95 Å². The Hall–Kier alpha value is -2.41. The quantitative estimate of drug-likeness (QED) is 0.917. The number of benzene rings is 1. The molecule has 2 rings (SSSR count). The Bertz CT molecular complexity index is 669. The molecule has 4 nitrogen and oxygen atoms in total. The number of aryl methyl sites for hydroxylation is 2. The summed E-state index contributed by atoms with van der Waals surface area (Å²) in [7, 11) is 0. The van der Waals surface area contributed by atoms with Crippen LogP contribution in [-0.2, 0) is 0 Å². The third kappa shape index (κ3) is 2.94. The number of rotatable bonds is 3. The van der Waals surface area contributed by atoms with Crippen molar-refractivity contribution in [3.05, 3.63) is 46.8 Å². The third-order valence-electron chi connectivity index (χ3n) is 3.13. The maximum absolute atomic E-state index is 8.98. The number of nitrogens with one attached hydrogen (secondary N) is 1. The van der Waals surface area contributed by atoms with E-state index in [4.69, 9.17) is 5.26 Å². The Labute approximate surface area is 119 Å². The second kappa shape index (κ2) is 5.70. The monoisotopic (exact) mass is 266 g/mol. The first kappa shape index (κ1) is 14.0. The second-order valence-electron chi connectivity index (χ2n) is 5.15. The summed E-state index contributed by atoms with van der Waals surface area (Å²) in [6.07, 6.45) is 0. The molecule has 2 aromatic rings. The molecule has 0 aliphatic carbocycles. The molecule has 0 atom stereocenters. The van der Waals surface area contributed by atoms with E-state index in [1.165, 1.54) is 5.56 Å². The Morgan fingerprint density at radius 1 is 1.20 bits per heavy atom. The molecule has 0 spiro atoms. The highest BCUT2D eigenvalue weighted by Crippen LogP contribution is 2.29. The van der Waals surface area contributed by atoms with E-state index in [1.54, 1.807) is 6.07 Å². The van der Waals surface area contributed by atoms with E-state index in [9.17, 15) is 0 Å². The average Bonchev–Trinajstić information content (AvgIpc) is 2.40. The van der Waals surface area contributed by atoms with Crippen LogP contribution < -0.4 is 5.32 Å². The van der Waals surface area contributed by atoms with Gasteiger partial charge in [0.1, 0.15) is 11.8 Å². The number of hydrogen-bond donors (Lipinski definition) is 1. The molecule has 1 heterocycles. The highest BCUT2D eigenvalue weighted by molar-refractivity contribution is 5.64. The van der Waals surface area contributed by atoms with E-state index in [-0.39, 0.29) is 0 Å². The summed E-state index contributed by atoms with van der Waals surface area (Å²) in [5.74, 6) is 0.871. The lowest BCUT2D eigenvalue weighted by Crippen LogP contribution is -2.05. The highest BCUT2D eigenvalue weighted by Gasteiger charge is 2.11. The van der Waals surface area contributed by atoms with Crippen LogP contribution in [0.25, 0.3) is 0 Å². The molecule has 0 bridgehead atoms. The van der Waals surface area contributed by atoms with Crippen molar-refractivity contribution >= 4 is 11.6 Å². The van der Waals surface area contributed by atoms with Crippen molar-refractivity contribution in [2.24, 2.45) is 0 Å². The van der Waals surface area contributed by atoms with E-state index >= 15 is 0 Å². The van der Waals surface area contributed by atoms with Gasteiger partial charge < -0.3 is 5.32 Å². The van der Waals surface area contributed by atoms with Crippen LogP contribution in [0.1, 0.15) is 42.3 Å². The summed E-state index contributed by atoms with van der Waals surface area (Å²) < 4.78 is 0. The van der Waals surface area contributed by atoms with Crippen molar-refractivity contribution in [3.8, 4) is 6.07 Å². The van der Waals surface area contributed by atoms with Crippen molar-refractivity contribution in [2.75, 3.05) is 5.32 Å². The van der Waals surface area contributed by atoms with Crippen LogP contribution in [0, 0.1) is 25.2 Å². The van der Waals surface area contributed by atoms with Crippen LogP contribution in [0.5, 0.6) is 0 Å². The first-order valence-electron chi connectivity index (χ1n) is 6.63. The summed E-state index contributed by atoms with van der Waals surface area (Å²) in [5.41, 5.74) is 4.53. The second-order valence-corrected chi connectivity index (χ2v) is 5.15. The lowest BCUT2D eigenvalue weighted by Gasteiger charge is -2.16. The number of nitrogens with zero attached hydrogens (tertiary/aromatic N) is 3. The zero-order chi connectivity index (χ0) is 14.7. The molecule has 0 radical (unpaired) electrons. The minimum absolute atomic E-state index is 0.375. The van der Waals surface area contributed by atoms with Gasteiger partial charge in [-0.3, -0.25) is 0 Å². The molecule has 1 N–H and O–H groups in total. The molecule has 0 aliphatic heterocycles. The van der Waals surface area contributed by atoms with Crippen LogP contribution in [-0.4, -0.2) is 9.97 Å². The molecular weight excluding hydrogens is 248 g/mol. The predicted octanol–water partition coefficient (Wildman–Crippen LogP) is 3.83. The van der Waals surface area contributed by atoms with E-state index in [1.807, 2.05) is 13.0 Å². The van der Waals surface area contributed by atoms with Gasteiger partial charge in [0.25, 0.3) is 0 Å². The minimum Gasteiger partial charge on any atom is -0.324 e. The summed E-state index contributed by atoms with van der Waals surface area (Å²) in [6.45, 7) is 8.21. The number of hydrogen-bond acceptors (Lipinski definition) is 4. The van der Waals surface area contributed by atoms with Crippen LogP contribution in [0.3, 0.4) is 0 Å². The minimum atomic E-state index is 0.375. The molecule has 0 aliphatic rings. The zero-order valence-electron chi connectivity index (χ0n) is 12.2. The van der Waals surface area contributed by atoms with Gasteiger partial charge in [-0.1, -0.05) is 32.0 Å². The van der Waals surface area contributed by atoms with Crippen molar-refractivity contribution in [1.29, 1.82) is 5.26 Å². The first-order valence-corrected chi connectivity index (χ1v) is 6.63. The van der Waals surface area contributed by atoms with Crippen molar-refractivity contribution in [3.63, 3.8) is 0 Å². The SMILES string of the molecule is Cc1cc(C#N)nc(Nc2c(C)cccc2C(C)C)n1. The smallest absolute Gasteiger partial charge is 0.228 e. The Balaban J connectivity index is 2.45. The number of para-hydroxylation sites is 1. The van der Waals surface area contributed by atoms with Crippen LogP contribution in [0.2, 0.25) is 0 Å². The Morgan fingerprint density at radius 3 is 2.60 bits per heavy atom. The van der Waals surface area contributed by atoms with Crippen molar-refractivity contribution < 1.29 is 0 Å².